The van der Waals surface area contributed by atoms with E-state index in [2.05, 4.69) is 5.32 Å². The topological polar surface area (TPSA) is 111 Å². The number of rotatable bonds is 5. The van der Waals surface area contributed by atoms with E-state index in [0.29, 0.717) is 5.75 Å². The van der Waals surface area contributed by atoms with Crippen LogP contribution in [0.1, 0.15) is 0 Å². The number of amides is 2. The van der Waals surface area contributed by atoms with Gasteiger partial charge in [0.05, 0.1) is 0 Å². The molecular weight excluding hydrogens is 210 g/mol. The van der Waals surface area contributed by atoms with Crippen LogP contribution < -0.4 is 21.5 Å². The van der Waals surface area contributed by atoms with Gasteiger partial charge in [0.2, 0.25) is 6.23 Å². The fraction of sp³-hybridized carbons (Fsp3) is 0.300. The highest BCUT2D eigenvalue weighted by Crippen LogP contribution is 2.11. The predicted molar refractivity (Wildman–Crippen MR) is 58.6 cm³/mol. The minimum absolute atomic E-state index is 0.0439. The second-order valence-electron chi connectivity index (χ2n) is 3.16. The van der Waals surface area contributed by atoms with Crippen LogP contribution in [0.4, 0.5) is 4.79 Å². The van der Waals surface area contributed by atoms with Gasteiger partial charge in [0.15, 0.2) is 0 Å². The Morgan fingerprint density at radius 1 is 1.44 bits per heavy atom. The van der Waals surface area contributed by atoms with E-state index in [1.165, 1.54) is 0 Å². The van der Waals surface area contributed by atoms with Gasteiger partial charge < -0.3 is 26.6 Å². The number of aliphatic hydroxyl groups excluding tert-OH is 1. The summed E-state index contributed by atoms with van der Waals surface area (Å²) >= 11 is 0. The first kappa shape index (κ1) is 12.3. The number of carbonyl (C=O) groups is 1. The second kappa shape index (κ2) is 5.94. The summed E-state index contributed by atoms with van der Waals surface area (Å²) in [5.74, 6) is 0.508. The summed E-state index contributed by atoms with van der Waals surface area (Å²) < 4.78 is 5.34. The van der Waals surface area contributed by atoms with Crippen LogP contribution in [-0.2, 0) is 0 Å². The maximum atomic E-state index is 10.7. The first-order valence-corrected chi connectivity index (χ1v) is 4.79. The van der Waals surface area contributed by atoms with Gasteiger partial charge in [0.25, 0.3) is 0 Å². The van der Waals surface area contributed by atoms with Crippen molar-refractivity contribution in [2.24, 2.45) is 11.5 Å². The van der Waals surface area contributed by atoms with Crippen LogP contribution in [0.15, 0.2) is 30.3 Å². The molecule has 88 valence electrons. The maximum absolute atomic E-state index is 10.7. The average Bonchev–Trinajstić information content (AvgIpc) is 2.28. The number of ether oxygens (including phenoxy) is 1. The SMILES string of the molecule is NCC(O)C(NC(N)=O)Oc1ccccc1. The number of hydrogen-bond acceptors (Lipinski definition) is 4. The van der Waals surface area contributed by atoms with E-state index in [-0.39, 0.29) is 6.54 Å². The van der Waals surface area contributed by atoms with Gasteiger partial charge in [-0.25, -0.2) is 4.79 Å². The van der Waals surface area contributed by atoms with Crippen molar-refractivity contribution in [3.63, 3.8) is 0 Å². The van der Waals surface area contributed by atoms with Crippen LogP contribution in [0.5, 0.6) is 5.75 Å². The van der Waals surface area contributed by atoms with Gasteiger partial charge in [0.1, 0.15) is 11.9 Å². The van der Waals surface area contributed by atoms with Crippen molar-refractivity contribution < 1.29 is 14.6 Å². The molecule has 0 bridgehead atoms. The van der Waals surface area contributed by atoms with E-state index in [1.54, 1.807) is 24.3 Å². The summed E-state index contributed by atoms with van der Waals surface area (Å²) in [6, 6.07) is 7.96. The Labute approximate surface area is 93.2 Å². The molecule has 0 aromatic heterocycles. The lowest BCUT2D eigenvalue weighted by Crippen LogP contribution is -2.51. The molecule has 6 heteroatoms. The Morgan fingerprint density at radius 3 is 2.56 bits per heavy atom. The molecular formula is C10H15N3O3. The number of urea groups is 1. The largest absolute Gasteiger partial charge is 0.468 e. The number of hydrogen-bond donors (Lipinski definition) is 4. The molecule has 0 aliphatic carbocycles. The molecule has 0 saturated heterocycles. The standard InChI is InChI=1S/C10H15N3O3/c11-6-8(14)9(13-10(12)15)16-7-4-2-1-3-5-7/h1-5,8-9,14H,6,11H2,(H3,12,13,15). The molecule has 6 nitrogen and oxygen atoms in total. The molecule has 2 amide bonds. The third kappa shape index (κ3) is 3.76. The molecule has 16 heavy (non-hydrogen) atoms. The van der Waals surface area contributed by atoms with Gasteiger partial charge in [-0.05, 0) is 12.1 Å². The Balaban J connectivity index is 2.67. The van der Waals surface area contributed by atoms with Crippen molar-refractivity contribution in [1.82, 2.24) is 5.32 Å². The van der Waals surface area contributed by atoms with Gasteiger partial charge in [-0.15, -0.1) is 0 Å². The van der Waals surface area contributed by atoms with Crippen LogP contribution in [0.3, 0.4) is 0 Å². The van der Waals surface area contributed by atoms with E-state index >= 15 is 0 Å². The van der Waals surface area contributed by atoms with Gasteiger partial charge in [-0.1, -0.05) is 18.2 Å². The number of carbonyl (C=O) groups excluding carboxylic acids is 1. The Bertz CT molecular complexity index is 331. The zero-order valence-corrected chi connectivity index (χ0v) is 8.67. The Kier molecular flexibility index (Phi) is 4.56. The van der Waals surface area contributed by atoms with Crippen molar-refractivity contribution in [1.29, 1.82) is 0 Å². The number of para-hydroxylation sites is 1. The van der Waals surface area contributed by atoms with Crippen LogP contribution in [0, 0.1) is 0 Å². The lowest BCUT2D eigenvalue weighted by Gasteiger charge is -2.23. The van der Waals surface area contributed by atoms with Crippen molar-refractivity contribution in [3.8, 4) is 5.75 Å². The van der Waals surface area contributed by atoms with Crippen molar-refractivity contribution in [2.75, 3.05) is 6.54 Å². The Hall–Kier alpha value is -1.79. The number of benzene rings is 1. The zero-order chi connectivity index (χ0) is 12.0. The number of nitrogens with one attached hydrogen (secondary N) is 1. The molecule has 0 radical (unpaired) electrons. The molecule has 0 saturated carbocycles. The van der Waals surface area contributed by atoms with Gasteiger partial charge in [0, 0.05) is 6.54 Å². The molecule has 2 unspecified atom stereocenters. The van der Waals surface area contributed by atoms with Gasteiger partial charge >= 0.3 is 6.03 Å². The zero-order valence-electron chi connectivity index (χ0n) is 8.67. The quantitative estimate of drug-likeness (QED) is 0.500. The van der Waals surface area contributed by atoms with Crippen molar-refractivity contribution in [3.05, 3.63) is 30.3 Å². The second-order valence-corrected chi connectivity index (χ2v) is 3.16. The van der Waals surface area contributed by atoms with Crippen LogP contribution in [-0.4, -0.2) is 30.0 Å². The third-order valence-electron chi connectivity index (χ3n) is 1.88. The molecule has 0 aliphatic heterocycles. The van der Waals surface area contributed by atoms with E-state index in [9.17, 15) is 9.90 Å². The van der Waals surface area contributed by atoms with E-state index in [0.717, 1.165) is 0 Å². The summed E-state index contributed by atoms with van der Waals surface area (Å²) in [7, 11) is 0. The lowest BCUT2D eigenvalue weighted by atomic mass is 10.3. The summed E-state index contributed by atoms with van der Waals surface area (Å²) in [6.45, 7) is -0.0439. The monoisotopic (exact) mass is 225 g/mol. The summed E-state index contributed by atoms with van der Waals surface area (Å²) in [5, 5.41) is 11.8. The minimum Gasteiger partial charge on any atom is -0.468 e. The smallest absolute Gasteiger partial charge is 0.315 e. The van der Waals surface area contributed by atoms with Crippen molar-refractivity contribution in [2.45, 2.75) is 12.3 Å². The Morgan fingerprint density at radius 2 is 2.06 bits per heavy atom. The number of nitrogens with two attached hydrogens (primary N) is 2. The van der Waals surface area contributed by atoms with Gasteiger partial charge in [-0.2, -0.15) is 0 Å². The molecule has 0 aliphatic rings. The van der Waals surface area contributed by atoms with E-state index in [4.69, 9.17) is 16.2 Å². The molecule has 1 aromatic carbocycles. The molecule has 0 fully saturated rings. The lowest BCUT2D eigenvalue weighted by molar-refractivity contribution is 0.0287. The number of aliphatic hydroxyl groups is 1. The van der Waals surface area contributed by atoms with Crippen molar-refractivity contribution >= 4 is 6.03 Å². The average molecular weight is 225 g/mol. The van der Waals surface area contributed by atoms with Gasteiger partial charge in [-0.3, -0.25) is 0 Å². The minimum atomic E-state index is -1.02. The summed E-state index contributed by atoms with van der Waals surface area (Å²) in [6.07, 6.45) is -1.97. The van der Waals surface area contributed by atoms with Crippen LogP contribution in [0.2, 0.25) is 0 Å². The summed E-state index contributed by atoms with van der Waals surface area (Å²) in [5.41, 5.74) is 10.2. The highest BCUT2D eigenvalue weighted by atomic mass is 16.5. The molecule has 2 atom stereocenters. The van der Waals surface area contributed by atoms with E-state index in [1.807, 2.05) is 6.07 Å². The highest BCUT2D eigenvalue weighted by molar-refractivity contribution is 5.71. The molecule has 0 spiro atoms. The number of primary amides is 1. The maximum Gasteiger partial charge on any atom is 0.315 e. The molecule has 1 aromatic rings. The summed E-state index contributed by atoms with van der Waals surface area (Å²) in [4.78, 5) is 10.7. The molecule has 1 rings (SSSR count). The normalized spacial score (nSPS) is 13.9. The fourth-order valence-electron chi connectivity index (χ4n) is 1.11. The van der Waals surface area contributed by atoms with Crippen LogP contribution >= 0.6 is 0 Å². The highest BCUT2D eigenvalue weighted by Gasteiger charge is 2.20. The van der Waals surface area contributed by atoms with E-state index < -0.39 is 18.4 Å². The molecule has 6 N–H and O–H groups in total. The third-order valence-corrected chi connectivity index (χ3v) is 1.88. The fourth-order valence-corrected chi connectivity index (χ4v) is 1.11. The van der Waals surface area contributed by atoms with Crippen LogP contribution in [0.25, 0.3) is 0 Å². The first-order valence-electron chi connectivity index (χ1n) is 4.79. The first-order chi connectivity index (χ1) is 7.63. The predicted octanol–water partition coefficient (Wildman–Crippen LogP) is -0.621. The molecule has 0 heterocycles.